The van der Waals surface area contributed by atoms with Crippen LogP contribution in [0.15, 0.2) is 66.9 Å². The van der Waals surface area contributed by atoms with Crippen LogP contribution in [0, 0.1) is 10.1 Å². The number of nitrogens with one attached hydrogen (secondary N) is 2. The Hall–Kier alpha value is -3.78. The van der Waals surface area contributed by atoms with E-state index in [0.29, 0.717) is 16.9 Å². The molecule has 8 nitrogen and oxygen atoms in total. The summed E-state index contributed by atoms with van der Waals surface area (Å²) >= 11 is 5.77. The molecule has 2 amide bonds. The van der Waals surface area contributed by atoms with Crippen molar-refractivity contribution in [2.75, 3.05) is 5.32 Å². The van der Waals surface area contributed by atoms with Gasteiger partial charge < -0.3 is 10.6 Å². The zero-order valence-corrected chi connectivity index (χ0v) is 15.7. The zero-order chi connectivity index (χ0) is 20.8. The first-order valence-corrected chi connectivity index (χ1v) is 8.85. The van der Waals surface area contributed by atoms with E-state index in [2.05, 4.69) is 15.6 Å². The van der Waals surface area contributed by atoms with Gasteiger partial charge in [-0.1, -0.05) is 23.7 Å². The number of aromatic nitrogens is 1. The number of nitrogens with zero attached hydrogens (tertiary/aromatic N) is 2. The molecule has 1 aromatic heterocycles. The molecular weight excluding hydrogens is 396 g/mol. The van der Waals surface area contributed by atoms with Crippen LogP contribution in [0.5, 0.6) is 0 Å². The van der Waals surface area contributed by atoms with Gasteiger partial charge in [-0.15, -0.1) is 0 Å². The van der Waals surface area contributed by atoms with Crippen LogP contribution in [-0.4, -0.2) is 21.7 Å². The number of benzene rings is 2. The number of hydrogen-bond donors (Lipinski definition) is 2. The number of nitro groups is 1. The van der Waals surface area contributed by atoms with Crippen molar-refractivity contribution >= 4 is 34.8 Å². The Bertz CT molecular complexity index is 1070. The van der Waals surface area contributed by atoms with Gasteiger partial charge in [-0.2, -0.15) is 0 Å². The SMILES string of the molecule is O=C(NCc1ccccn1)c1cccc(NC(=O)c2ccc(Cl)cc2[N+](=O)[O-])c1. The van der Waals surface area contributed by atoms with Gasteiger partial charge in [-0.05, 0) is 42.5 Å². The summed E-state index contributed by atoms with van der Waals surface area (Å²) in [4.78, 5) is 39.4. The second-order valence-corrected chi connectivity index (χ2v) is 6.39. The Kier molecular flexibility index (Phi) is 6.16. The Morgan fingerprint density at radius 1 is 1.03 bits per heavy atom. The van der Waals surface area contributed by atoms with E-state index in [9.17, 15) is 19.7 Å². The van der Waals surface area contributed by atoms with Gasteiger partial charge in [-0.25, -0.2) is 0 Å². The number of carbonyl (C=O) groups excluding carboxylic acids is 2. The minimum absolute atomic E-state index is 0.135. The second kappa shape index (κ2) is 8.94. The monoisotopic (exact) mass is 410 g/mol. The molecule has 0 unspecified atom stereocenters. The largest absolute Gasteiger partial charge is 0.346 e. The molecule has 0 bridgehead atoms. The molecule has 0 radical (unpaired) electrons. The van der Waals surface area contributed by atoms with Crippen LogP contribution < -0.4 is 10.6 Å². The predicted octanol–water partition coefficient (Wildman–Crippen LogP) is 3.83. The molecule has 0 fully saturated rings. The third-order valence-electron chi connectivity index (χ3n) is 3.94. The molecule has 0 aliphatic rings. The maximum Gasteiger partial charge on any atom is 0.283 e. The third kappa shape index (κ3) is 5.14. The molecule has 0 atom stereocenters. The van der Waals surface area contributed by atoms with Crippen molar-refractivity contribution in [3.05, 3.63) is 98.8 Å². The van der Waals surface area contributed by atoms with Gasteiger partial charge in [0.05, 0.1) is 17.2 Å². The van der Waals surface area contributed by atoms with Crippen molar-refractivity contribution in [1.29, 1.82) is 0 Å². The summed E-state index contributed by atoms with van der Waals surface area (Å²) in [6.07, 6.45) is 1.63. The minimum Gasteiger partial charge on any atom is -0.346 e. The normalized spacial score (nSPS) is 10.2. The number of pyridine rings is 1. The van der Waals surface area contributed by atoms with Gasteiger partial charge >= 0.3 is 0 Å². The van der Waals surface area contributed by atoms with Crippen LogP contribution in [0.2, 0.25) is 5.02 Å². The summed E-state index contributed by atoms with van der Waals surface area (Å²) in [5.74, 6) is -1.02. The molecular formula is C20H15ClN4O4. The van der Waals surface area contributed by atoms with Crippen molar-refractivity contribution in [2.45, 2.75) is 6.54 Å². The summed E-state index contributed by atoms with van der Waals surface area (Å²) in [5.41, 5.74) is 0.818. The van der Waals surface area contributed by atoms with E-state index in [1.54, 1.807) is 36.5 Å². The fourth-order valence-electron chi connectivity index (χ4n) is 2.56. The van der Waals surface area contributed by atoms with E-state index < -0.39 is 16.5 Å². The Morgan fingerprint density at radius 3 is 2.59 bits per heavy atom. The Morgan fingerprint density at radius 2 is 1.86 bits per heavy atom. The van der Waals surface area contributed by atoms with Gasteiger partial charge in [0.15, 0.2) is 0 Å². The average Bonchev–Trinajstić information content (AvgIpc) is 2.72. The zero-order valence-electron chi connectivity index (χ0n) is 15.0. The predicted molar refractivity (Wildman–Crippen MR) is 108 cm³/mol. The summed E-state index contributed by atoms with van der Waals surface area (Å²) < 4.78 is 0. The maximum absolute atomic E-state index is 12.5. The molecule has 0 spiro atoms. The van der Waals surface area contributed by atoms with Crippen molar-refractivity contribution < 1.29 is 14.5 Å². The van der Waals surface area contributed by atoms with Crippen molar-refractivity contribution in [3.8, 4) is 0 Å². The fraction of sp³-hybridized carbons (Fsp3) is 0.0500. The summed E-state index contributed by atoms with van der Waals surface area (Å²) in [6, 6.07) is 15.4. The lowest BCUT2D eigenvalue weighted by Gasteiger charge is -2.09. The van der Waals surface area contributed by atoms with Gasteiger partial charge in [0, 0.05) is 28.5 Å². The fourth-order valence-corrected chi connectivity index (χ4v) is 2.73. The summed E-state index contributed by atoms with van der Waals surface area (Å²) in [5, 5.41) is 16.6. The summed E-state index contributed by atoms with van der Waals surface area (Å²) in [6.45, 7) is 0.257. The second-order valence-electron chi connectivity index (χ2n) is 5.96. The standard InChI is InChI=1S/C20H15ClN4O4/c21-14-7-8-17(18(11-14)25(28)29)20(27)24-15-6-3-4-13(10-15)19(26)23-12-16-5-1-2-9-22-16/h1-11H,12H2,(H,23,26)(H,24,27). The highest BCUT2D eigenvalue weighted by Crippen LogP contribution is 2.24. The molecule has 2 N–H and O–H groups in total. The third-order valence-corrected chi connectivity index (χ3v) is 4.18. The number of nitro benzene ring substituents is 1. The Labute approximate surface area is 170 Å². The topological polar surface area (TPSA) is 114 Å². The number of anilines is 1. The number of hydrogen-bond acceptors (Lipinski definition) is 5. The van der Waals surface area contributed by atoms with Crippen LogP contribution in [0.1, 0.15) is 26.4 Å². The molecule has 29 heavy (non-hydrogen) atoms. The van der Waals surface area contributed by atoms with E-state index >= 15 is 0 Å². The first kappa shape index (κ1) is 20.0. The number of halogens is 1. The van der Waals surface area contributed by atoms with Crippen molar-refractivity contribution in [3.63, 3.8) is 0 Å². The molecule has 0 saturated carbocycles. The lowest BCUT2D eigenvalue weighted by molar-refractivity contribution is -0.385. The molecule has 0 saturated heterocycles. The molecule has 0 aliphatic heterocycles. The smallest absolute Gasteiger partial charge is 0.283 e. The van der Waals surface area contributed by atoms with Gasteiger partial charge in [0.2, 0.25) is 0 Å². The first-order valence-electron chi connectivity index (χ1n) is 8.47. The molecule has 1 heterocycles. The van der Waals surface area contributed by atoms with Crippen molar-refractivity contribution in [2.24, 2.45) is 0 Å². The average molecular weight is 411 g/mol. The van der Waals surface area contributed by atoms with Gasteiger partial charge in [0.25, 0.3) is 17.5 Å². The lowest BCUT2D eigenvalue weighted by Crippen LogP contribution is -2.23. The molecule has 3 rings (SSSR count). The molecule has 0 aliphatic carbocycles. The lowest BCUT2D eigenvalue weighted by atomic mass is 10.1. The molecule has 2 aromatic carbocycles. The number of amides is 2. The van der Waals surface area contributed by atoms with Gasteiger partial charge in [-0.3, -0.25) is 24.7 Å². The Balaban J connectivity index is 1.72. The van der Waals surface area contributed by atoms with E-state index in [1.165, 1.54) is 18.2 Å². The summed E-state index contributed by atoms with van der Waals surface area (Å²) in [7, 11) is 0. The van der Waals surface area contributed by atoms with Crippen molar-refractivity contribution in [1.82, 2.24) is 10.3 Å². The molecule has 146 valence electrons. The maximum atomic E-state index is 12.5. The van der Waals surface area contributed by atoms with E-state index in [-0.39, 0.29) is 23.0 Å². The minimum atomic E-state index is -0.681. The van der Waals surface area contributed by atoms with Gasteiger partial charge in [0.1, 0.15) is 5.56 Å². The van der Waals surface area contributed by atoms with E-state index in [1.807, 2.05) is 6.07 Å². The van der Waals surface area contributed by atoms with Crippen LogP contribution in [0.4, 0.5) is 11.4 Å². The molecule has 9 heteroatoms. The highest BCUT2D eigenvalue weighted by atomic mass is 35.5. The molecule has 3 aromatic rings. The van der Waals surface area contributed by atoms with E-state index in [4.69, 9.17) is 11.6 Å². The van der Waals surface area contributed by atoms with Crippen LogP contribution in [-0.2, 0) is 6.54 Å². The highest BCUT2D eigenvalue weighted by Gasteiger charge is 2.21. The number of carbonyl (C=O) groups is 2. The number of rotatable bonds is 6. The quantitative estimate of drug-likeness (QED) is 0.473. The van der Waals surface area contributed by atoms with Crippen LogP contribution in [0.25, 0.3) is 0 Å². The first-order chi connectivity index (χ1) is 13.9. The van der Waals surface area contributed by atoms with Crippen LogP contribution >= 0.6 is 11.6 Å². The van der Waals surface area contributed by atoms with Crippen LogP contribution in [0.3, 0.4) is 0 Å². The highest BCUT2D eigenvalue weighted by molar-refractivity contribution is 6.31. The van der Waals surface area contributed by atoms with E-state index in [0.717, 1.165) is 6.07 Å².